The van der Waals surface area contributed by atoms with Gasteiger partial charge in [0.25, 0.3) is 5.91 Å². The molecule has 0 bridgehead atoms. The van der Waals surface area contributed by atoms with Crippen LogP contribution in [0.25, 0.3) is 0 Å². The van der Waals surface area contributed by atoms with Crippen LogP contribution in [0.4, 0.5) is 10.1 Å². The minimum absolute atomic E-state index is 0.131. The summed E-state index contributed by atoms with van der Waals surface area (Å²) in [6.07, 6.45) is 13.9. The number of hydrazine groups is 1. The van der Waals surface area contributed by atoms with E-state index in [0.717, 1.165) is 24.3 Å². The number of ether oxygens (including phenoxy) is 1. The van der Waals surface area contributed by atoms with E-state index in [1.165, 1.54) is 76.3 Å². The van der Waals surface area contributed by atoms with Gasteiger partial charge in [-0.05, 0) is 68.5 Å². The second-order valence-corrected chi connectivity index (χ2v) is 12.8. The van der Waals surface area contributed by atoms with Gasteiger partial charge in [-0.15, -0.1) is 0 Å². The zero-order valence-corrected chi connectivity index (χ0v) is 24.9. The van der Waals surface area contributed by atoms with Crippen LogP contribution in [0.2, 0.25) is 0 Å². The van der Waals surface area contributed by atoms with Gasteiger partial charge >= 0.3 is 0 Å². The SMILES string of the molecule is CN1C(CNc2cccc(C(=O)N[C@@H]3COc4cc(F)ccc43)c2)NNC1C1CCNCC12CCCCCCCCC2. The van der Waals surface area contributed by atoms with Gasteiger partial charge in [-0.25, -0.2) is 15.2 Å². The first-order chi connectivity index (χ1) is 20.5. The molecule has 2 saturated heterocycles. The highest BCUT2D eigenvalue weighted by molar-refractivity contribution is 5.95. The molecule has 9 heteroatoms. The highest BCUT2D eigenvalue weighted by Gasteiger charge is 2.47. The molecule has 5 N–H and O–H groups in total. The smallest absolute Gasteiger partial charge is 0.251 e. The van der Waals surface area contributed by atoms with Crippen LogP contribution in [-0.4, -0.2) is 56.4 Å². The van der Waals surface area contributed by atoms with Gasteiger partial charge in [-0.3, -0.25) is 9.69 Å². The summed E-state index contributed by atoms with van der Waals surface area (Å²) in [5.41, 5.74) is 9.89. The molecular formula is C33H47FN6O2. The molecule has 1 saturated carbocycles. The van der Waals surface area contributed by atoms with Crippen molar-refractivity contribution < 1.29 is 13.9 Å². The summed E-state index contributed by atoms with van der Waals surface area (Å²) in [6.45, 7) is 3.23. The Morgan fingerprint density at radius 3 is 2.64 bits per heavy atom. The minimum atomic E-state index is -0.343. The zero-order chi connectivity index (χ0) is 28.9. The largest absolute Gasteiger partial charge is 0.491 e. The minimum Gasteiger partial charge on any atom is -0.491 e. The summed E-state index contributed by atoms with van der Waals surface area (Å²) in [7, 11) is 2.23. The number of nitrogens with zero attached hydrogens (tertiary/aromatic N) is 1. The van der Waals surface area contributed by atoms with Crippen molar-refractivity contribution in [2.45, 2.75) is 82.6 Å². The second-order valence-electron chi connectivity index (χ2n) is 12.8. The number of carbonyl (C=O) groups excluding carboxylic acids is 1. The summed E-state index contributed by atoms with van der Waals surface area (Å²) in [6, 6.07) is 11.7. The predicted molar refractivity (Wildman–Crippen MR) is 164 cm³/mol. The van der Waals surface area contributed by atoms with E-state index in [4.69, 9.17) is 4.74 Å². The topological polar surface area (TPSA) is 89.7 Å². The number of piperidine rings is 1. The average Bonchev–Trinajstić information content (AvgIpc) is 3.57. The van der Waals surface area contributed by atoms with Crippen molar-refractivity contribution in [3.8, 4) is 5.75 Å². The third kappa shape index (κ3) is 6.44. The quantitative estimate of drug-likeness (QED) is 0.333. The van der Waals surface area contributed by atoms with Crippen molar-refractivity contribution in [1.82, 2.24) is 26.4 Å². The summed E-state index contributed by atoms with van der Waals surface area (Å²) in [5, 5.41) is 10.4. The van der Waals surface area contributed by atoms with Crippen molar-refractivity contribution in [2.24, 2.45) is 11.3 Å². The maximum Gasteiger partial charge on any atom is 0.251 e. The lowest BCUT2D eigenvalue weighted by Crippen LogP contribution is -2.56. The Balaban J connectivity index is 1.06. The molecule has 42 heavy (non-hydrogen) atoms. The molecule has 3 fully saturated rings. The van der Waals surface area contributed by atoms with Crippen LogP contribution in [-0.2, 0) is 0 Å². The van der Waals surface area contributed by atoms with Crippen molar-refractivity contribution in [3.63, 3.8) is 0 Å². The van der Waals surface area contributed by atoms with Gasteiger partial charge in [0.15, 0.2) is 0 Å². The summed E-state index contributed by atoms with van der Waals surface area (Å²) in [5.74, 6) is 0.578. The van der Waals surface area contributed by atoms with Gasteiger partial charge in [0.2, 0.25) is 0 Å². The molecule has 0 aromatic heterocycles. The number of anilines is 1. The van der Waals surface area contributed by atoms with Crippen LogP contribution in [0.5, 0.6) is 5.75 Å². The van der Waals surface area contributed by atoms with Crippen LogP contribution in [0.3, 0.4) is 0 Å². The van der Waals surface area contributed by atoms with Gasteiger partial charge in [0.1, 0.15) is 18.2 Å². The number of likely N-dealkylation sites (N-methyl/N-ethyl adjacent to an activating group) is 1. The fraction of sp³-hybridized carbons (Fsp3) is 0.606. The number of benzene rings is 2. The van der Waals surface area contributed by atoms with Crippen molar-refractivity contribution >= 4 is 11.6 Å². The van der Waals surface area contributed by atoms with Crippen LogP contribution in [0, 0.1) is 17.2 Å². The van der Waals surface area contributed by atoms with Crippen LogP contribution in [0.1, 0.15) is 86.2 Å². The van der Waals surface area contributed by atoms with Gasteiger partial charge in [-0.1, -0.05) is 57.1 Å². The van der Waals surface area contributed by atoms with Crippen molar-refractivity contribution in [2.75, 3.05) is 38.6 Å². The van der Waals surface area contributed by atoms with E-state index in [1.807, 2.05) is 24.3 Å². The number of amides is 1. The molecule has 3 heterocycles. The van der Waals surface area contributed by atoms with Gasteiger partial charge < -0.3 is 20.7 Å². The number of halogens is 1. The maximum atomic E-state index is 13.5. The van der Waals surface area contributed by atoms with E-state index in [0.29, 0.717) is 42.0 Å². The molecule has 4 aliphatic rings. The molecular weight excluding hydrogens is 531 g/mol. The average molecular weight is 579 g/mol. The van der Waals surface area contributed by atoms with E-state index in [2.05, 4.69) is 38.7 Å². The van der Waals surface area contributed by atoms with Crippen molar-refractivity contribution in [3.05, 3.63) is 59.4 Å². The number of nitrogens with one attached hydrogen (secondary N) is 5. The van der Waals surface area contributed by atoms with Crippen molar-refractivity contribution in [1.29, 1.82) is 0 Å². The van der Waals surface area contributed by atoms with Gasteiger partial charge in [0.05, 0.1) is 18.4 Å². The first-order valence-electron chi connectivity index (χ1n) is 16.0. The monoisotopic (exact) mass is 578 g/mol. The number of carbonyl (C=O) groups is 1. The maximum absolute atomic E-state index is 13.5. The normalized spacial score (nSPS) is 28.1. The molecule has 4 atom stereocenters. The standard InChI is InChI=1S/C33H47FN6O2/c1-40-30(38-39-31(40)27-14-17-35-22-33(27)15-7-5-3-2-4-6-8-16-33)20-36-25-11-9-10-23(18-25)32(41)37-28-21-42-29-19-24(34)12-13-26(28)29/h9-13,18-19,27-28,30-31,35-36,38-39H,2-8,14-17,20-22H2,1H3,(H,37,41)/t27?,28-,30?,31?/m1/s1. The highest BCUT2D eigenvalue weighted by Crippen LogP contribution is 2.45. The Morgan fingerprint density at radius 1 is 1.05 bits per heavy atom. The molecule has 8 nitrogen and oxygen atoms in total. The lowest BCUT2D eigenvalue weighted by atomic mass is 9.64. The predicted octanol–water partition coefficient (Wildman–Crippen LogP) is 4.91. The zero-order valence-electron chi connectivity index (χ0n) is 24.9. The molecule has 3 aliphatic heterocycles. The molecule has 1 spiro atoms. The fourth-order valence-electron chi connectivity index (χ4n) is 7.72. The molecule has 2 aromatic carbocycles. The van der Waals surface area contributed by atoms with E-state index in [-0.39, 0.29) is 23.9 Å². The Hall–Kier alpha value is -2.72. The molecule has 228 valence electrons. The summed E-state index contributed by atoms with van der Waals surface area (Å²) in [4.78, 5) is 15.6. The number of hydrogen-bond acceptors (Lipinski definition) is 7. The first-order valence-corrected chi connectivity index (χ1v) is 16.0. The molecule has 6 rings (SSSR count). The van der Waals surface area contributed by atoms with Crippen LogP contribution >= 0.6 is 0 Å². The Labute approximate surface area is 249 Å². The second kappa shape index (κ2) is 13.3. The Morgan fingerprint density at radius 2 is 1.83 bits per heavy atom. The van der Waals surface area contributed by atoms with E-state index < -0.39 is 0 Å². The van der Waals surface area contributed by atoms with E-state index in [1.54, 1.807) is 6.07 Å². The number of rotatable bonds is 6. The Kier molecular flexibility index (Phi) is 9.29. The summed E-state index contributed by atoms with van der Waals surface area (Å²) < 4.78 is 19.1. The van der Waals surface area contributed by atoms with E-state index in [9.17, 15) is 9.18 Å². The lowest BCUT2D eigenvalue weighted by molar-refractivity contribution is 0.0129. The van der Waals surface area contributed by atoms with Crippen LogP contribution in [0.15, 0.2) is 42.5 Å². The van der Waals surface area contributed by atoms with Gasteiger partial charge in [0, 0.05) is 36.0 Å². The first kappa shape index (κ1) is 29.4. The highest BCUT2D eigenvalue weighted by atomic mass is 19.1. The number of hydrogen-bond donors (Lipinski definition) is 5. The fourth-order valence-corrected chi connectivity index (χ4v) is 7.72. The summed E-state index contributed by atoms with van der Waals surface area (Å²) >= 11 is 0. The third-order valence-electron chi connectivity index (χ3n) is 10.1. The molecule has 2 aromatic rings. The molecule has 1 aliphatic carbocycles. The number of fused-ring (bicyclic) bond motifs is 1. The molecule has 0 radical (unpaired) electrons. The van der Waals surface area contributed by atoms with E-state index >= 15 is 0 Å². The van der Waals surface area contributed by atoms with Gasteiger partial charge in [-0.2, -0.15) is 0 Å². The lowest BCUT2D eigenvalue weighted by Gasteiger charge is -2.49. The van der Waals surface area contributed by atoms with Crippen LogP contribution < -0.4 is 31.5 Å². The third-order valence-corrected chi connectivity index (χ3v) is 10.1. The molecule has 3 unspecified atom stereocenters. The Bertz CT molecular complexity index is 1220. The molecule has 1 amide bonds.